The minimum Gasteiger partial charge on any atom is -0.447 e. The second-order valence-corrected chi connectivity index (χ2v) is 5.82. The number of amides is 1. The SMILES string of the molecule is O=C1N[C@@H](c2cc(Br)c(Br)s2)CO1. The number of hydrogen-bond acceptors (Lipinski definition) is 3. The Morgan fingerprint density at radius 2 is 2.38 bits per heavy atom. The Labute approximate surface area is 95.7 Å². The highest BCUT2D eigenvalue weighted by atomic mass is 79.9. The van der Waals surface area contributed by atoms with Crippen molar-refractivity contribution >= 4 is 49.3 Å². The molecule has 70 valence electrons. The molecule has 1 aromatic heterocycles. The zero-order chi connectivity index (χ0) is 9.42. The molecular weight excluding hydrogens is 322 g/mol. The van der Waals surface area contributed by atoms with Crippen molar-refractivity contribution in [3.63, 3.8) is 0 Å². The molecule has 1 aliphatic heterocycles. The van der Waals surface area contributed by atoms with E-state index in [1.54, 1.807) is 11.3 Å². The Morgan fingerprint density at radius 1 is 1.62 bits per heavy atom. The Kier molecular flexibility index (Phi) is 2.62. The maximum absolute atomic E-state index is 10.8. The molecule has 1 aromatic rings. The molecule has 1 aliphatic rings. The van der Waals surface area contributed by atoms with Gasteiger partial charge in [-0.3, -0.25) is 0 Å². The summed E-state index contributed by atoms with van der Waals surface area (Å²) < 4.78 is 6.83. The summed E-state index contributed by atoms with van der Waals surface area (Å²) >= 11 is 8.37. The lowest BCUT2D eigenvalue weighted by Crippen LogP contribution is -2.17. The van der Waals surface area contributed by atoms with Gasteiger partial charge in [0.15, 0.2) is 0 Å². The Bertz CT molecular complexity index is 333. The van der Waals surface area contributed by atoms with Crippen molar-refractivity contribution in [2.45, 2.75) is 6.04 Å². The monoisotopic (exact) mass is 325 g/mol. The van der Waals surface area contributed by atoms with Crippen molar-refractivity contribution in [3.8, 4) is 0 Å². The minimum atomic E-state index is -0.342. The molecule has 1 atom stereocenters. The average molecular weight is 327 g/mol. The standard InChI is InChI=1S/C7H5Br2NO2S/c8-3-1-5(13-6(3)9)4-2-12-7(11)10-4/h1,4H,2H2,(H,10,11)/t4-/m1/s1. The van der Waals surface area contributed by atoms with Crippen molar-refractivity contribution in [1.82, 2.24) is 5.32 Å². The second kappa shape index (κ2) is 3.59. The Balaban J connectivity index is 2.21. The van der Waals surface area contributed by atoms with E-state index in [-0.39, 0.29) is 12.1 Å². The smallest absolute Gasteiger partial charge is 0.407 e. The molecule has 1 N–H and O–H groups in total. The van der Waals surface area contributed by atoms with Gasteiger partial charge in [0.2, 0.25) is 0 Å². The highest BCUT2D eigenvalue weighted by Crippen LogP contribution is 2.36. The highest BCUT2D eigenvalue weighted by molar-refractivity contribution is 9.13. The normalized spacial score (nSPS) is 21.4. The van der Waals surface area contributed by atoms with Crippen LogP contribution in [0, 0.1) is 0 Å². The number of halogens is 2. The number of ether oxygens (including phenoxy) is 1. The van der Waals surface area contributed by atoms with Crippen molar-refractivity contribution in [2.24, 2.45) is 0 Å². The Hall–Kier alpha value is -0.0700. The van der Waals surface area contributed by atoms with E-state index in [0.29, 0.717) is 6.61 Å². The molecule has 0 bridgehead atoms. The van der Waals surface area contributed by atoms with Crippen molar-refractivity contribution in [2.75, 3.05) is 6.61 Å². The van der Waals surface area contributed by atoms with Crippen molar-refractivity contribution in [1.29, 1.82) is 0 Å². The van der Waals surface area contributed by atoms with Gasteiger partial charge in [-0.1, -0.05) is 0 Å². The van der Waals surface area contributed by atoms with Gasteiger partial charge in [0.05, 0.1) is 3.79 Å². The molecular formula is C7H5Br2NO2S. The van der Waals surface area contributed by atoms with E-state index in [4.69, 9.17) is 4.74 Å². The van der Waals surface area contributed by atoms with Crippen LogP contribution in [0.1, 0.15) is 10.9 Å². The van der Waals surface area contributed by atoms with Gasteiger partial charge in [0.1, 0.15) is 12.6 Å². The molecule has 2 heterocycles. The minimum absolute atomic E-state index is 0.0000926. The summed E-state index contributed by atoms with van der Waals surface area (Å²) in [5, 5.41) is 2.72. The molecule has 0 aromatic carbocycles. The number of rotatable bonds is 1. The van der Waals surface area contributed by atoms with E-state index >= 15 is 0 Å². The quantitative estimate of drug-likeness (QED) is 0.861. The summed E-state index contributed by atoms with van der Waals surface area (Å²) in [5.41, 5.74) is 0. The lowest BCUT2D eigenvalue weighted by atomic mass is 10.3. The van der Waals surface area contributed by atoms with E-state index in [1.807, 2.05) is 6.07 Å². The van der Waals surface area contributed by atoms with Crippen molar-refractivity contribution < 1.29 is 9.53 Å². The first-order valence-electron chi connectivity index (χ1n) is 3.55. The summed E-state index contributed by atoms with van der Waals surface area (Å²) in [7, 11) is 0. The maximum atomic E-state index is 10.8. The summed E-state index contributed by atoms with van der Waals surface area (Å²) in [6.07, 6.45) is -0.342. The van der Waals surface area contributed by atoms with E-state index in [2.05, 4.69) is 37.2 Å². The van der Waals surface area contributed by atoms with Crippen LogP contribution in [0.5, 0.6) is 0 Å². The lowest BCUT2D eigenvalue weighted by Gasteiger charge is -2.01. The van der Waals surface area contributed by atoms with Gasteiger partial charge in [-0.15, -0.1) is 11.3 Å². The number of thiophene rings is 1. The van der Waals surface area contributed by atoms with Gasteiger partial charge in [-0.25, -0.2) is 4.79 Å². The molecule has 0 unspecified atom stereocenters. The van der Waals surface area contributed by atoms with Crippen LogP contribution in [0.2, 0.25) is 0 Å². The zero-order valence-corrected chi connectivity index (χ0v) is 10.3. The molecule has 1 amide bonds. The molecule has 2 rings (SSSR count). The number of carbonyl (C=O) groups is 1. The third kappa shape index (κ3) is 1.89. The van der Waals surface area contributed by atoms with Gasteiger partial charge in [0, 0.05) is 9.35 Å². The van der Waals surface area contributed by atoms with E-state index in [9.17, 15) is 4.79 Å². The largest absolute Gasteiger partial charge is 0.447 e. The molecule has 3 nitrogen and oxygen atoms in total. The van der Waals surface area contributed by atoms with Crippen LogP contribution in [0.4, 0.5) is 4.79 Å². The zero-order valence-electron chi connectivity index (χ0n) is 6.34. The predicted molar refractivity (Wildman–Crippen MR) is 56.9 cm³/mol. The molecule has 6 heteroatoms. The number of cyclic esters (lactones) is 1. The maximum Gasteiger partial charge on any atom is 0.407 e. The predicted octanol–water partition coefficient (Wildman–Crippen LogP) is 3.05. The molecule has 13 heavy (non-hydrogen) atoms. The fourth-order valence-electron chi connectivity index (χ4n) is 1.07. The number of carbonyl (C=O) groups excluding carboxylic acids is 1. The summed E-state index contributed by atoms with van der Waals surface area (Å²) in [6, 6.07) is 1.98. The van der Waals surface area contributed by atoms with E-state index < -0.39 is 0 Å². The van der Waals surface area contributed by atoms with E-state index in [0.717, 1.165) is 13.1 Å². The van der Waals surface area contributed by atoms with Gasteiger partial charge >= 0.3 is 6.09 Å². The van der Waals surface area contributed by atoms with E-state index in [1.165, 1.54) is 0 Å². The molecule has 1 saturated heterocycles. The number of alkyl carbamates (subject to hydrolysis) is 1. The summed E-state index contributed by atoms with van der Waals surface area (Å²) in [5.74, 6) is 0. The molecule has 0 saturated carbocycles. The van der Waals surface area contributed by atoms with Crippen LogP contribution >= 0.6 is 43.2 Å². The van der Waals surface area contributed by atoms with Crippen LogP contribution < -0.4 is 5.32 Å². The summed E-state index contributed by atoms with van der Waals surface area (Å²) in [6.45, 7) is 0.415. The molecule has 0 spiro atoms. The van der Waals surface area contributed by atoms with Gasteiger partial charge in [0.25, 0.3) is 0 Å². The van der Waals surface area contributed by atoms with Crippen LogP contribution in [-0.4, -0.2) is 12.7 Å². The topological polar surface area (TPSA) is 38.3 Å². The lowest BCUT2D eigenvalue weighted by molar-refractivity contribution is 0.177. The van der Waals surface area contributed by atoms with Crippen molar-refractivity contribution in [3.05, 3.63) is 19.2 Å². The fourth-order valence-corrected chi connectivity index (χ4v) is 3.20. The average Bonchev–Trinajstić information content (AvgIpc) is 2.61. The van der Waals surface area contributed by atoms with Gasteiger partial charge in [-0.05, 0) is 37.9 Å². The number of nitrogens with one attached hydrogen (secondary N) is 1. The summed E-state index contributed by atoms with van der Waals surface area (Å²) in [4.78, 5) is 11.9. The Morgan fingerprint density at radius 3 is 2.85 bits per heavy atom. The van der Waals surface area contributed by atoms with Crippen LogP contribution in [0.25, 0.3) is 0 Å². The fraction of sp³-hybridized carbons (Fsp3) is 0.286. The molecule has 0 radical (unpaired) electrons. The van der Waals surface area contributed by atoms with Gasteiger partial charge < -0.3 is 10.1 Å². The van der Waals surface area contributed by atoms with Crippen LogP contribution in [0.15, 0.2) is 14.3 Å². The van der Waals surface area contributed by atoms with Gasteiger partial charge in [-0.2, -0.15) is 0 Å². The molecule has 0 aliphatic carbocycles. The molecule has 1 fully saturated rings. The van der Waals surface area contributed by atoms with Crippen LogP contribution in [0.3, 0.4) is 0 Å². The second-order valence-electron chi connectivity index (χ2n) is 2.57. The first kappa shape index (κ1) is 9.48. The number of hydrogen-bond donors (Lipinski definition) is 1. The third-order valence-electron chi connectivity index (χ3n) is 1.68. The first-order chi connectivity index (χ1) is 6.16. The highest BCUT2D eigenvalue weighted by Gasteiger charge is 2.25. The van der Waals surface area contributed by atoms with Crippen LogP contribution in [-0.2, 0) is 4.74 Å². The third-order valence-corrected chi connectivity index (χ3v) is 5.05. The first-order valence-corrected chi connectivity index (χ1v) is 5.95.